The monoisotopic (exact) mass is 503 g/mol. The standard InChI is InChI=1S/C31H41N3O3/c1-5-6-7-12-24(25-13-8-14-28-30(25)37-22-36-28)21-29(35)33-27-20-23(15-16-26(27)31(2,3)4)11-9-18-34-19-10-17-32-34/h8,10,13-17,19-20,24H,5-7,9,11-12,18,21-22H2,1-4H3,(H,33,35). The summed E-state index contributed by atoms with van der Waals surface area (Å²) in [5.41, 5.74) is 4.28. The molecule has 1 aromatic heterocycles. The third kappa shape index (κ3) is 7.15. The van der Waals surface area contributed by atoms with Gasteiger partial charge in [-0.15, -0.1) is 0 Å². The lowest BCUT2D eigenvalue weighted by Gasteiger charge is -2.25. The van der Waals surface area contributed by atoms with Gasteiger partial charge >= 0.3 is 0 Å². The van der Waals surface area contributed by atoms with Crippen LogP contribution < -0.4 is 14.8 Å². The Balaban J connectivity index is 1.50. The van der Waals surface area contributed by atoms with Gasteiger partial charge < -0.3 is 14.8 Å². The lowest BCUT2D eigenvalue weighted by atomic mass is 9.84. The van der Waals surface area contributed by atoms with Gasteiger partial charge in [0.25, 0.3) is 0 Å². The van der Waals surface area contributed by atoms with Crippen LogP contribution in [0.5, 0.6) is 11.5 Å². The first-order chi connectivity index (χ1) is 17.8. The van der Waals surface area contributed by atoms with Gasteiger partial charge in [0.1, 0.15) is 0 Å². The van der Waals surface area contributed by atoms with E-state index in [1.165, 1.54) is 5.56 Å². The normalized spacial score (nSPS) is 13.5. The highest BCUT2D eigenvalue weighted by Gasteiger charge is 2.26. The lowest BCUT2D eigenvalue weighted by molar-refractivity contribution is -0.116. The Morgan fingerprint density at radius 1 is 1.11 bits per heavy atom. The molecule has 0 saturated heterocycles. The van der Waals surface area contributed by atoms with Gasteiger partial charge in [-0.05, 0) is 59.9 Å². The van der Waals surface area contributed by atoms with Gasteiger partial charge in [0, 0.05) is 36.6 Å². The van der Waals surface area contributed by atoms with E-state index < -0.39 is 0 Å². The molecule has 37 heavy (non-hydrogen) atoms. The van der Waals surface area contributed by atoms with Gasteiger partial charge in [-0.1, -0.05) is 71.2 Å². The number of nitrogens with zero attached hydrogens (tertiary/aromatic N) is 2. The number of para-hydroxylation sites is 1. The first-order valence-electron chi connectivity index (χ1n) is 13.6. The number of hydrogen-bond acceptors (Lipinski definition) is 4. The average molecular weight is 504 g/mol. The molecule has 2 aromatic carbocycles. The van der Waals surface area contributed by atoms with Crippen LogP contribution in [0.25, 0.3) is 0 Å². The van der Waals surface area contributed by atoms with Crippen molar-refractivity contribution in [1.29, 1.82) is 0 Å². The highest BCUT2D eigenvalue weighted by atomic mass is 16.7. The van der Waals surface area contributed by atoms with Gasteiger partial charge in [0.05, 0.1) is 0 Å². The van der Waals surface area contributed by atoms with Crippen LogP contribution in [0.2, 0.25) is 0 Å². The maximum atomic E-state index is 13.5. The number of unbranched alkanes of at least 4 members (excludes halogenated alkanes) is 2. The Morgan fingerprint density at radius 3 is 2.73 bits per heavy atom. The molecule has 1 amide bonds. The number of rotatable bonds is 12. The van der Waals surface area contributed by atoms with E-state index in [0.29, 0.717) is 6.42 Å². The second kappa shape index (κ2) is 12.3. The molecule has 3 aromatic rings. The molecular weight excluding hydrogens is 462 g/mol. The minimum absolute atomic E-state index is 0.0391. The number of fused-ring (bicyclic) bond motifs is 1. The Hall–Kier alpha value is -3.28. The zero-order chi connectivity index (χ0) is 26.3. The molecule has 2 heterocycles. The van der Waals surface area contributed by atoms with Crippen LogP contribution in [0, 0.1) is 0 Å². The van der Waals surface area contributed by atoms with E-state index in [4.69, 9.17) is 9.47 Å². The second-order valence-electron chi connectivity index (χ2n) is 11.0. The molecular formula is C31H41N3O3. The summed E-state index contributed by atoms with van der Waals surface area (Å²) in [6.07, 6.45) is 10.5. The smallest absolute Gasteiger partial charge is 0.231 e. The van der Waals surface area contributed by atoms with E-state index in [2.05, 4.69) is 62.4 Å². The highest BCUT2D eigenvalue weighted by molar-refractivity contribution is 5.92. The maximum Gasteiger partial charge on any atom is 0.231 e. The Bertz CT molecular complexity index is 1160. The van der Waals surface area contributed by atoms with Crippen LogP contribution in [0.3, 0.4) is 0 Å². The number of amides is 1. The quantitative estimate of drug-likeness (QED) is 0.265. The van der Waals surface area contributed by atoms with Gasteiger partial charge in [-0.25, -0.2) is 0 Å². The molecule has 1 aliphatic rings. The maximum absolute atomic E-state index is 13.5. The molecule has 0 spiro atoms. The van der Waals surface area contributed by atoms with Crippen molar-refractivity contribution in [1.82, 2.24) is 9.78 Å². The fourth-order valence-electron chi connectivity index (χ4n) is 5.09. The molecule has 0 saturated carbocycles. The number of anilines is 1. The van der Waals surface area contributed by atoms with Crippen LogP contribution in [-0.4, -0.2) is 22.5 Å². The Labute approximate surface area is 221 Å². The molecule has 1 N–H and O–H groups in total. The molecule has 6 nitrogen and oxygen atoms in total. The van der Waals surface area contributed by atoms with E-state index in [1.807, 2.05) is 35.3 Å². The van der Waals surface area contributed by atoms with Crippen molar-refractivity contribution in [2.24, 2.45) is 0 Å². The number of aromatic nitrogens is 2. The predicted octanol–water partition coefficient (Wildman–Crippen LogP) is 7.23. The Morgan fingerprint density at radius 2 is 1.97 bits per heavy atom. The molecule has 6 heteroatoms. The number of benzene rings is 2. The highest BCUT2D eigenvalue weighted by Crippen LogP contribution is 2.42. The fraction of sp³-hybridized carbons (Fsp3) is 0.484. The first-order valence-corrected chi connectivity index (χ1v) is 13.6. The van der Waals surface area contributed by atoms with E-state index in [1.54, 1.807) is 0 Å². The third-order valence-electron chi connectivity index (χ3n) is 7.03. The first kappa shape index (κ1) is 26.8. The molecule has 4 rings (SSSR count). The van der Waals surface area contributed by atoms with Crippen molar-refractivity contribution >= 4 is 11.6 Å². The number of carbonyl (C=O) groups excluding carboxylic acids is 1. The van der Waals surface area contributed by atoms with Crippen molar-refractivity contribution in [2.45, 2.75) is 90.5 Å². The van der Waals surface area contributed by atoms with E-state index in [9.17, 15) is 4.79 Å². The lowest BCUT2D eigenvalue weighted by Crippen LogP contribution is -2.21. The SMILES string of the molecule is CCCCCC(CC(=O)Nc1cc(CCCn2cccn2)ccc1C(C)(C)C)c1cccc2c1OCO2. The van der Waals surface area contributed by atoms with Crippen LogP contribution in [0.1, 0.15) is 88.8 Å². The number of aryl methyl sites for hydroxylation is 2. The van der Waals surface area contributed by atoms with Crippen LogP contribution in [0.15, 0.2) is 54.9 Å². The molecule has 198 valence electrons. The topological polar surface area (TPSA) is 65.4 Å². The third-order valence-corrected chi connectivity index (χ3v) is 7.03. The average Bonchev–Trinajstić information content (AvgIpc) is 3.55. The fourth-order valence-corrected chi connectivity index (χ4v) is 5.09. The minimum atomic E-state index is -0.0812. The number of carbonyl (C=O) groups is 1. The van der Waals surface area contributed by atoms with E-state index in [0.717, 1.165) is 73.4 Å². The van der Waals surface area contributed by atoms with Gasteiger partial charge in [0.2, 0.25) is 12.7 Å². The largest absolute Gasteiger partial charge is 0.454 e. The predicted molar refractivity (Wildman–Crippen MR) is 148 cm³/mol. The molecule has 0 bridgehead atoms. The summed E-state index contributed by atoms with van der Waals surface area (Å²) >= 11 is 0. The second-order valence-corrected chi connectivity index (χ2v) is 11.0. The van der Waals surface area contributed by atoms with Crippen molar-refractivity contribution < 1.29 is 14.3 Å². The summed E-state index contributed by atoms with van der Waals surface area (Å²) in [6, 6.07) is 14.5. The van der Waals surface area contributed by atoms with Crippen molar-refractivity contribution in [3.63, 3.8) is 0 Å². The van der Waals surface area contributed by atoms with Crippen LogP contribution >= 0.6 is 0 Å². The Kier molecular flexibility index (Phi) is 8.91. The zero-order valence-corrected chi connectivity index (χ0v) is 22.8. The summed E-state index contributed by atoms with van der Waals surface area (Å²) < 4.78 is 13.4. The molecule has 1 aliphatic heterocycles. The summed E-state index contributed by atoms with van der Waals surface area (Å²) in [7, 11) is 0. The number of hydrogen-bond donors (Lipinski definition) is 1. The molecule has 0 fully saturated rings. The molecule has 1 atom stereocenters. The molecule has 0 radical (unpaired) electrons. The van der Waals surface area contributed by atoms with Crippen LogP contribution in [-0.2, 0) is 23.2 Å². The van der Waals surface area contributed by atoms with E-state index >= 15 is 0 Å². The minimum Gasteiger partial charge on any atom is -0.454 e. The zero-order valence-electron chi connectivity index (χ0n) is 22.8. The van der Waals surface area contributed by atoms with E-state index in [-0.39, 0.29) is 24.0 Å². The van der Waals surface area contributed by atoms with Crippen molar-refractivity contribution in [3.8, 4) is 11.5 Å². The summed E-state index contributed by atoms with van der Waals surface area (Å²) in [5, 5.41) is 7.59. The number of ether oxygens (including phenoxy) is 2. The molecule has 0 aliphatic carbocycles. The van der Waals surface area contributed by atoms with Gasteiger partial charge in [0.15, 0.2) is 11.5 Å². The van der Waals surface area contributed by atoms with Crippen molar-refractivity contribution in [3.05, 3.63) is 71.5 Å². The summed E-state index contributed by atoms with van der Waals surface area (Å²) in [6.45, 7) is 9.88. The van der Waals surface area contributed by atoms with Gasteiger partial charge in [-0.3, -0.25) is 9.48 Å². The summed E-state index contributed by atoms with van der Waals surface area (Å²) in [4.78, 5) is 13.5. The van der Waals surface area contributed by atoms with Gasteiger partial charge in [-0.2, -0.15) is 5.10 Å². The summed E-state index contributed by atoms with van der Waals surface area (Å²) in [5.74, 6) is 1.69. The molecule has 1 unspecified atom stereocenters. The van der Waals surface area contributed by atoms with Crippen LogP contribution in [0.4, 0.5) is 5.69 Å². The number of nitrogens with one attached hydrogen (secondary N) is 1. The van der Waals surface area contributed by atoms with Crippen molar-refractivity contribution in [2.75, 3.05) is 12.1 Å².